The van der Waals surface area contributed by atoms with E-state index in [4.69, 9.17) is 11.1 Å². The molecule has 0 fully saturated rings. The van der Waals surface area contributed by atoms with Crippen molar-refractivity contribution in [2.45, 2.75) is 19.8 Å². The molecule has 0 radical (unpaired) electrons. The van der Waals surface area contributed by atoms with Crippen LogP contribution in [0.3, 0.4) is 0 Å². The minimum Gasteiger partial charge on any atom is -0.369 e. The molecule has 0 aliphatic carbocycles. The van der Waals surface area contributed by atoms with Gasteiger partial charge in [-0.05, 0) is 18.6 Å². The molecule has 1 heterocycles. The summed E-state index contributed by atoms with van der Waals surface area (Å²) in [6.07, 6.45) is 3.42. The average molecular weight is 235 g/mol. The number of guanidine groups is 1. The first-order chi connectivity index (χ1) is 8.16. The van der Waals surface area contributed by atoms with Crippen LogP contribution in [-0.2, 0) is 0 Å². The Morgan fingerprint density at radius 2 is 2.35 bits per heavy atom. The van der Waals surface area contributed by atoms with Crippen molar-refractivity contribution < 1.29 is 4.79 Å². The average Bonchev–Trinajstić information content (AvgIpc) is 2.30. The van der Waals surface area contributed by atoms with Crippen molar-refractivity contribution in [3.05, 3.63) is 24.4 Å². The lowest BCUT2D eigenvalue weighted by Crippen LogP contribution is -2.47. The van der Waals surface area contributed by atoms with E-state index in [9.17, 15) is 4.79 Å². The van der Waals surface area contributed by atoms with Gasteiger partial charge in [-0.2, -0.15) is 0 Å². The highest BCUT2D eigenvalue weighted by Crippen LogP contribution is 2.08. The molecular formula is C11H17N5O. The molecule has 0 saturated carbocycles. The summed E-state index contributed by atoms with van der Waals surface area (Å²) in [4.78, 5) is 16.8. The second-order valence-corrected chi connectivity index (χ2v) is 3.49. The van der Waals surface area contributed by atoms with Gasteiger partial charge in [0.15, 0.2) is 0 Å². The van der Waals surface area contributed by atoms with Crippen LogP contribution in [0.2, 0.25) is 0 Å². The first-order valence-electron chi connectivity index (χ1n) is 5.49. The van der Waals surface area contributed by atoms with E-state index < -0.39 is 6.03 Å². The van der Waals surface area contributed by atoms with E-state index in [0.29, 0.717) is 12.4 Å². The molecule has 0 aliphatic heterocycles. The van der Waals surface area contributed by atoms with Crippen molar-refractivity contribution >= 4 is 17.8 Å². The van der Waals surface area contributed by atoms with Crippen LogP contribution in [0, 0.1) is 5.41 Å². The third kappa shape index (κ3) is 3.75. The second kappa shape index (κ2) is 6.47. The fourth-order valence-corrected chi connectivity index (χ4v) is 1.27. The third-order valence-corrected chi connectivity index (χ3v) is 2.13. The Morgan fingerprint density at radius 1 is 1.59 bits per heavy atom. The molecule has 1 aromatic heterocycles. The molecule has 2 amide bonds. The van der Waals surface area contributed by atoms with Gasteiger partial charge >= 0.3 is 6.03 Å². The fraction of sp³-hybridized carbons (Fsp3) is 0.364. The first kappa shape index (κ1) is 13.0. The van der Waals surface area contributed by atoms with Crippen LogP contribution in [0.15, 0.2) is 24.4 Å². The number of carbonyl (C=O) groups excluding carboxylic acids is 1. The van der Waals surface area contributed by atoms with E-state index >= 15 is 0 Å². The lowest BCUT2D eigenvalue weighted by Gasteiger charge is -2.19. The first-order valence-corrected chi connectivity index (χ1v) is 5.49. The molecule has 0 unspecified atom stereocenters. The number of nitrogens with two attached hydrogens (primary N) is 1. The molecule has 6 nitrogen and oxygen atoms in total. The standard InChI is InChI=1S/C11H17N5O/c1-2-3-7-15-11(17)16(10(12)13)9-6-4-5-8-14-9/h4-6,8H,2-3,7H2,1H3,(H3,12,13)(H,15,17). The largest absolute Gasteiger partial charge is 0.369 e. The maximum Gasteiger partial charge on any atom is 0.330 e. The molecule has 17 heavy (non-hydrogen) atoms. The van der Waals surface area contributed by atoms with Crippen LogP contribution in [0.25, 0.3) is 0 Å². The van der Waals surface area contributed by atoms with Gasteiger partial charge in [0.25, 0.3) is 0 Å². The van der Waals surface area contributed by atoms with Crippen LogP contribution >= 0.6 is 0 Å². The quantitative estimate of drug-likeness (QED) is 0.417. The zero-order valence-electron chi connectivity index (χ0n) is 9.81. The molecule has 6 heteroatoms. The summed E-state index contributed by atoms with van der Waals surface area (Å²) in [5.41, 5.74) is 5.38. The fourth-order valence-electron chi connectivity index (χ4n) is 1.27. The van der Waals surface area contributed by atoms with Gasteiger partial charge in [-0.25, -0.2) is 14.7 Å². The SMILES string of the molecule is CCCCNC(=O)N(C(=N)N)c1ccccn1. The van der Waals surface area contributed by atoms with Gasteiger partial charge in [0.1, 0.15) is 5.82 Å². The third-order valence-electron chi connectivity index (χ3n) is 2.13. The number of amides is 2. The summed E-state index contributed by atoms with van der Waals surface area (Å²) in [7, 11) is 0. The van der Waals surface area contributed by atoms with E-state index in [0.717, 1.165) is 17.7 Å². The van der Waals surface area contributed by atoms with Crippen molar-refractivity contribution in [3.8, 4) is 0 Å². The minimum atomic E-state index is -0.426. The summed E-state index contributed by atoms with van der Waals surface area (Å²) < 4.78 is 0. The van der Waals surface area contributed by atoms with E-state index in [2.05, 4.69) is 10.3 Å². The predicted molar refractivity (Wildman–Crippen MR) is 66.9 cm³/mol. The molecule has 1 aromatic rings. The zero-order valence-corrected chi connectivity index (χ0v) is 9.81. The number of pyridine rings is 1. The van der Waals surface area contributed by atoms with Gasteiger partial charge in [0, 0.05) is 12.7 Å². The molecule has 0 bridgehead atoms. The number of hydrogen-bond acceptors (Lipinski definition) is 3. The molecule has 0 spiro atoms. The summed E-state index contributed by atoms with van der Waals surface area (Å²) in [5.74, 6) is -0.00769. The lowest BCUT2D eigenvalue weighted by atomic mass is 10.3. The highest BCUT2D eigenvalue weighted by molar-refractivity contribution is 6.13. The van der Waals surface area contributed by atoms with Crippen LogP contribution in [-0.4, -0.2) is 23.5 Å². The molecule has 4 N–H and O–H groups in total. The second-order valence-electron chi connectivity index (χ2n) is 3.49. The molecule has 1 rings (SSSR count). The molecule has 0 saturated heterocycles. The molecule has 0 atom stereocenters. The van der Waals surface area contributed by atoms with Gasteiger partial charge in [-0.3, -0.25) is 5.41 Å². The number of nitrogens with zero attached hydrogens (tertiary/aromatic N) is 2. The van der Waals surface area contributed by atoms with Crippen molar-refractivity contribution in [2.75, 3.05) is 11.4 Å². The Bertz CT molecular complexity index is 379. The van der Waals surface area contributed by atoms with E-state index in [1.165, 1.54) is 0 Å². The monoisotopic (exact) mass is 235 g/mol. The van der Waals surface area contributed by atoms with E-state index in [-0.39, 0.29) is 5.96 Å². The topological polar surface area (TPSA) is 95.1 Å². The van der Waals surface area contributed by atoms with Crippen molar-refractivity contribution in [2.24, 2.45) is 5.73 Å². The Kier molecular flexibility index (Phi) is 4.93. The zero-order chi connectivity index (χ0) is 12.7. The van der Waals surface area contributed by atoms with Crippen molar-refractivity contribution in [1.82, 2.24) is 10.3 Å². The van der Waals surface area contributed by atoms with Gasteiger partial charge in [-0.15, -0.1) is 0 Å². The number of hydrogen-bond donors (Lipinski definition) is 3. The molecule has 0 aromatic carbocycles. The number of aromatic nitrogens is 1. The summed E-state index contributed by atoms with van der Waals surface area (Å²) in [5, 5.41) is 10.1. The molecular weight excluding hydrogens is 218 g/mol. The van der Waals surface area contributed by atoms with Crippen LogP contribution < -0.4 is 16.0 Å². The van der Waals surface area contributed by atoms with Crippen LogP contribution in [0.4, 0.5) is 10.6 Å². The smallest absolute Gasteiger partial charge is 0.330 e. The molecule has 0 aliphatic rings. The van der Waals surface area contributed by atoms with Gasteiger partial charge in [0.2, 0.25) is 5.96 Å². The Balaban J connectivity index is 2.73. The van der Waals surface area contributed by atoms with Gasteiger partial charge in [0.05, 0.1) is 0 Å². The molecule has 92 valence electrons. The number of anilines is 1. The van der Waals surface area contributed by atoms with E-state index in [1.54, 1.807) is 24.4 Å². The number of nitrogens with one attached hydrogen (secondary N) is 2. The lowest BCUT2D eigenvalue weighted by molar-refractivity contribution is 0.248. The maximum absolute atomic E-state index is 11.8. The van der Waals surface area contributed by atoms with E-state index in [1.807, 2.05) is 6.92 Å². The van der Waals surface area contributed by atoms with Crippen LogP contribution in [0.5, 0.6) is 0 Å². The van der Waals surface area contributed by atoms with Gasteiger partial charge < -0.3 is 11.1 Å². The normalized spacial score (nSPS) is 9.71. The Morgan fingerprint density at radius 3 is 2.88 bits per heavy atom. The maximum atomic E-state index is 11.8. The Labute approximate surface area is 100 Å². The van der Waals surface area contributed by atoms with Crippen molar-refractivity contribution in [1.29, 1.82) is 5.41 Å². The number of urea groups is 1. The highest BCUT2D eigenvalue weighted by Gasteiger charge is 2.18. The predicted octanol–water partition coefficient (Wildman–Crippen LogP) is 1.29. The van der Waals surface area contributed by atoms with Gasteiger partial charge in [-0.1, -0.05) is 19.4 Å². The number of rotatable bonds is 4. The number of unbranched alkanes of at least 4 members (excludes halogenated alkanes) is 1. The summed E-state index contributed by atoms with van der Waals surface area (Å²) in [6.45, 7) is 2.60. The summed E-state index contributed by atoms with van der Waals surface area (Å²) in [6, 6.07) is 4.67. The summed E-state index contributed by atoms with van der Waals surface area (Å²) >= 11 is 0. The van der Waals surface area contributed by atoms with Crippen molar-refractivity contribution in [3.63, 3.8) is 0 Å². The Hall–Kier alpha value is -2.11. The minimum absolute atomic E-state index is 0.342. The van der Waals surface area contributed by atoms with Crippen LogP contribution in [0.1, 0.15) is 19.8 Å². The highest BCUT2D eigenvalue weighted by atomic mass is 16.2. The number of carbonyl (C=O) groups is 1.